The van der Waals surface area contributed by atoms with E-state index in [1.165, 1.54) is 0 Å². The Morgan fingerprint density at radius 1 is 1.02 bits per heavy atom. The lowest BCUT2D eigenvalue weighted by molar-refractivity contribution is -0.141. The van der Waals surface area contributed by atoms with Gasteiger partial charge in [-0.15, -0.1) is 0 Å². The molecule has 15 heteroatoms. The molecular formula is C50H64N2O13. The van der Waals surface area contributed by atoms with E-state index in [0.717, 1.165) is 48.1 Å². The molecule has 65 heavy (non-hydrogen) atoms. The quantitative estimate of drug-likeness (QED) is 0.0666. The van der Waals surface area contributed by atoms with E-state index in [4.69, 9.17) is 23.7 Å². The van der Waals surface area contributed by atoms with Crippen molar-refractivity contribution in [3.63, 3.8) is 0 Å². The van der Waals surface area contributed by atoms with Gasteiger partial charge in [-0.1, -0.05) is 5.57 Å². The number of aliphatic hydroxyl groups is 5. The zero-order valence-electron chi connectivity index (χ0n) is 37.6. The van der Waals surface area contributed by atoms with Crippen molar-refractivity contribution in [2.75, 3.05) is 66.4 Å². The summed E-state index contributed by atoms with van der Waals surface area (Å²) in [6.07, 6.45) is 6.62. The van der Waals surface area contributed by atoms with Gasteiger partial charge in [0.05, 0.1) is 43.1 Å². The van der Waals surface area contributed by atoms with Crippen LogP contribution in [0.2, 0.25) is 0 Å². The number of nitrogens with one attached hydrogen (secondary N) is 1. The SMILES string of the molecule is CCOC(=O)C1=C(C=O)/C2=C3\C[C@@H](CO)C(=O)[C@@H](C3)c3cc4cc[nH]c4cc3CC[C@H](CO)COc3c4c(c(CO)c(c32)O1)O[C@H]([C@@](O)(CCCCO)C1CCN(CCCOC)CC1)C4. The van der Waals surface area contributed by atoms with Crippen LogP contribution in [0.25, 0.3) is 16.5 Å². The molecule has 352 valence electrons. The molecule has 1 saturated heterocycles. The third kappa shape index (κ3) is 9.00. The molecule has 6 N–H and O–H groups in total. The fourth-order valence-corrected chi connectivity index (χ4v) is 11.1. The summed E-state index contributed by atoms with van der Waals surface area (Å²) in [5.41, 5.74) is 3.01. The molecule has 0 spiro atoms. The Balaban J connectivity index is 1.32. The van der Waals surface area contributed by atoms with Crippen LogP contribution in [0.4, 0.5) is 0 Å². The Morgan fingerprint density at radius 2 is 1.83 bits per heavy atom. The number of Topliss-reactive ketones (excluding diaryl/α,β-unsaturated/α-hetero) is 1. The molecule has 2 aromatic carbocycles. The number of aldehydes is 1. The van der Waals surface area contributed by atoms with Crippen molar-refractivity contribution < 1.29 is 63.6 Å². The maximum atomic E-state index is 14.5. The summed E-state index contributed by atoms with van der Waals surface area (Å²) in [6.45, 7) is 3.42. The van der Waals surface area contributed by atoms with Gasteiger partial charge in [-0.05, 0) is 125 Å². The Hall–Kier alpha value is -4.61. The number of hydrogen-bond donors (Lipinski definition) is 6. The number of carbonyl (C=O) groups excluding carboxylic acids is 3. The number of piperidine rings is 1. The van der Waals surface area contributed by atoms with Gasteiger partial charge in [-0.2, -0.15) is 0 Å². The molecule has 5 atom stereocenters. The number of hydrogen-bond acceptors (Lipinski definition) is 14. The van der Waals surface area contributed by atoms with Gasteiger partial charge in [-0.25, -0.2) is 4.79 Å². The van der Waals surface area contributed by atoms with E-state index in [1.807, 2.05) is 24.4 Å². The second-order valence-electron chi connectivity index (χ2n) is 18.3. The smallest absolute Gasteiger partial charge is 0.375 e. The first kappa shape index (κ1) is 46.9. The number of aromatic amines is 1. The number of aromatic nitrogens is 1. The summed E-state index contributed by atoms with van der Waals surface area (Å²) < 4.78 is 31.0. The van der Waals surface area contributed by atoms with Gasteiger partial charge in [-0.3, -0.25) is 9.59 Å². The molecule has 3 aromatic rings. The Labute approximate surface area is 379 Å². The van der Waals surface area contributed by atoms with E-state index in [-0.39, 0.29) is 91.3 Å². The Bertz CT molecular complexity index is 2310. The number of H-pyrrole nitrogens is 1. The van der Waals surface area contributed by atoms with Crippen molar-refractivity contribution in [1.82, 2.24) is 9.88 Å². The maximum Gasteiger partial charge on any atom is 0.375 e. The zero-order valence-corrected chi connectivity index (χ0v) is 37.6. The Morgan fingerprint density at radius 3 is 2.54 bits per heavy atom. The summed E-state index contributed by atoms with van der Waals surface area (Å²) in [4.78, 5) is 47.6. The van der Waals surface area contributed by atoms with Crippen molar-refractivity contribution in [3.05, 3.63) is 69.1 Å². The lowest BCUT2D eigenvalue weighted by Crippen LogP contribution is -2.54. The minimum atomic E-state index is -1.37. The van der Waals surface area contributed by atoms with Gasteiger partial charge in [0.25, 0.3) is 0 Å². The minimum Gasteiger partial charge on any atom is -0.492 e. The fourth-order valence-electron chi connectivity index (χ4n) is 11.1. The number of carbonyl (C=O) groups is 3. The van der Waals surface area contributed by atoms with E-state index < -0.39 is 54.4 Å². The van der Waals surface area contributed by atoms with E-state index in [2.05, 4.69) is 9.88 Å². The Kier molecular flexibility index (Phi) is 14.8. The number of fused-ring (bicyclic) bond motifs is 7. The molecule has 1 saturated carbocycles. The molecule has 0 radical (unpaired) electrons. The van der Waals surface area contributed by atoms with Gasteiger partial charge >= 0.3 is 5.97 Å². The molecule has 0 unspecified atom stereocenters. The average molecular weight is 901 g/mol. The van der Waals surface area contributed by atoms with Crippen molar-refractivity contribution in [3.8, 4) is 17.2 Å². The predicted molar refractivity (Wildman–Crippen MR) is 240 cm³/mol. The van der Waals surface area contributed by atoms with Gasteiger partial charge in [0.2, 0.25) is 5.76 Å². The lowest BCUT2D eigenvalue weighted by Gasteiger charge is -2.44. The normalized spacial score (nSPS) is 24.6. The van der Waals surface area contributed by atoms with Gasteiger partial charge in [0, 0.05) is 80.5 Å². The molecule has 2 fully saturated rings. The summed E-state index contributed by atoms with van der Waals surface area (Å²) >= 11 is 0. The van der Waals surface area contributed by atoms with E-state index >= 15 is 0 Å². The van der Waals surface area contributed by atoms with Gasteiger partial charge < -0.3 is 59.1 Å². The standard InChI is InChI=1S/C50H64N2O13/c1-3-62-49(59)48-38(26-56)42-32-19-33(25-55)44(58)36(21-32)35-20-31-9-13-51-40(31)22-30(35)8-7-29(24-54)28-63-46-37-23-41(64-45(37)39(27-57)47(65-48)43(42)46)50(60,12-4-5-17-53)34-10-15-52(16-11-34)14-6-18-61-2/h9,13,20,22,26,29,33-34,36,41,51,53-55,57,60H,3-8,10-12,14-19,21,23-25,27-28H2,1-2H3/b42-32-/t29-,33+,36+,41+,50-/m1/s1. The first-order valence-electron chi connectivity index (χ1n) is 23.4. The molecular weight excluding hydrogens is 837 g/mol. The molecule has 0 amide bonds. The molecule has 5 aliphatic rings. The first-order chi connectivity index (χ1) is 31.6. The van der Waals surface area contributed by atoms with Crippen molar-refractivity contribution in [2.24, 2.45) is 17.8 Å². The van der Waals surface area contributed by atoms with Crippen LogP contribution in [0.1, 0.15) is 98.4 Å². The number of allylic oxidation sites excluding steroid dienone is 3. The third-order valence-electron chi connectivity index (χ3n) is 14.6. The maximum absolute atomic E-state index is 14.5. The number of likely N-dealkylation sites (tertiary alicyclic amines) is 1. The van der Waals surface area contributed by atoms with Crippen LogP contribution in [0.15, 0.2) is 41.3 Å². The summed E-state index contributed by atoms with van der Waals surface area (Å²) in [5, 5.41) is 56.8. The van der Waals surface area contributed by atoms with Crippen LogP contribution in [-0.2, 0) is 43.3 Å². The van der Waals surface area contributed by atoms with Crippen LogP contribution >= 0.6 is 0 Å². The molecule has 15 nitrogen and oxygen atoms in total. The highest BCUT2D eigenvalue weighted by Crippen LogP contribution is 2.58. The molecule has 5 heterocycles. The number of ether oxygens (including phenoxy) is 5. The van der Waals surface area contributed by atoms with Crippen LogP contribution in [-0.4, -0.2) is 132 Å². The highest BCUT2D eigenvalue weighted by atomic mass is 16.6. The second-order valence-corrected chi connectivity index (χ2v) is 18.3. The molecule has 4 aliphatic heterocycles. The highest BCUT2D eigenvalue weighted by Gasteiger charge is 2.51. The second kappa shape index (κ2) is 20.5. The molecule has 1 aliphatic carbocycles. The predicted octanol–water partition coefficient (Wildman–Crippen LogP) is 4.46. The summed E-state index contributed by atoms with van der Waals surface area (Å²) in [5.74, 6) is -3.07. The number of aliphatic hydroxyl groups excluding tert-OH is 4. The number of nitrogens with zero attached hydrogens (tertiary/aromatic N) is 1. The van der Waals surface area contributed by atoms with Gasteiger partial charge in [0.1, 0.15) is 34.7 Å². The van der Waals surface area contributed by atoms with E-state index in [0.29, 0.717) is 74.5 Å². The molecule has 8 rings (SSSR count). The van der Waals surface area contributed by atoms with Crippen LogP contribution in [0.5, 0.6) is 17.2 Å². The van der Waals surface area contributed by atoms with Crippen LogP contribution < -0.4 is 14.2 Å². The molecule has 1 aromatic heterocycles. The summed E-state index contributed by atoms with van der Waals surface area (Å²) in [7, 11) is 1.69. The van der Waals surface area contributed by atoms with Crippen molar-refractivity contribution in [2.45, 2.75) is 102 Å². The van der Waals surface area contributed by atoms with E-state index in [9.17, 15) is 39.9 Å². The van der Waals surface area contributed by atoms with E-state index in [1.54, 1.807) is 14.0 Å². The molecule has 2 bridgehead atoms. The number of esters is 1. The zero-order chi connectivity index (χ0) is 45.8. The lowest BCUT2D eigenvalue weighted by atomic mass is 9.70. The highest BCUT2D eigenvalue weighted by molar-refractivity contribution is 6.11. The number of rotatable bonds is 16. The number of methoxy groups -OCH3 is 1. The summed E-state index contributed by atoms with van der Waals surface area (Å²) in [6, 6.07) is 5.97. The van der Waals surface area contributed by atoms with Crippen LogP contribution in [0.3, 0.4) is 0 Å². The largest absolute Gasteiger partial charge is 0.492 e. The number of ketones is 1. The number of unbranched alkanes of at least 4 members (excludes halogenated alkanes) is 1. The number of benzene rings is 2. The van der Waals surface area contributed by atoms with Crippen LogP contribution in [0, 0.1) is 17.8 Å². The monoisotopic (exact) mass is 900 g/mol. The first-order valence-corrected chi connectivity index (χ1v) is 23.4. The minimum absolute atomic E-state index is 0.0186. The van der Waals surface area contributed by atoms with Crippen molar-refractivity contribution in [1.29, 1.82) is 0 Å². The number of aryl methyl sites for hydroxylation is 1. The van der Waals surface area contributed by atoms with Crippen molar-refractivity contribution >= 4 is 34.5 Å². The van der Waals surface area contributed by atoms with Gasteiger partial charge in [0.15, 0.2) is 6.29 Å². The fraction of sp³-hybridized carbons (Fsp3) is 0.580. The average Bonchev–Trinajstić information content (AvgIpc) is 3.98. The third-order valence-corrected chi connectivity index (χ3v) is 14.6. The topological polar surface area (TPSA) is 218 Å².